The van der Waals surface area contributed by atoms with Crippen LogP contribution in [0.25, 0.3) is 0 Å². The molecule has 0 aliphatic carbocycles. The fraction of sp³-hybridized carbons (Fsp3) is 0.125. The minimum Gasteiger partial charge on any atom is -0.327 e. The maximum Gasteiger partial charge on any atom is 0.114 e. The Bertz CT molecular complexity index is 578. The molecule has 0 saturated carbocycles. The molecule has 1 aliphatic heterocycles. The van der Waals surface area contributed by atoms with E-state index in [1.807, 2.05) is 12.1 Å². The summed E-state index contributed by atoms with van der Waals surface area (Å²) in [6.45, 7) is 2.91. The van der Waals surface area contributed by atoms with Gasteiger partial charge in [0.2, 0.25) is 0 Å². The lowest BCUT2D eigenvalue weighted by Crippen LogP contribution is -2.29. The van der Waals surface area contributed by atoms with Gasteiger partial charge in [-0.25, -0.2) is 0 Å². The second kappa shape index (κ2) is 5.06. The Morgan fingerprint density at radius 2 is 1.63 bits per heavy atom. The van der Waals surface area contributed by atoms with Crippen molar-refractivity contribution in [1.29, 1.82) is 0 Å². The quantitative estimate of drug-likeness (QED) is 0.899. The number of anilines is 2. The van der Waals surface area contributed by atoms with Gasteiger partial charge < -0.3 is 4.90 Å². The van der Waals surface area contributed by atoms with Gasteiger partial charge in [-0.3, -0.25) is 10.4 Å². The maximum atomic E-state index is 3.41. The molecule has 19 heavy (non-hydrogen) atoms. The molecule has 3 rings (SSSR count). The summed E-state index contributed by atoms with van der Waals surface area (Å²) in [4.78, 5) is 2.20. The van der Waals surface area contributed by atoms with E-state index in [-0.39, 0.29) is 0 Å². The number of nitrogens with zero attached hydrogens (tertiary/aromatic N) is 2. The summed E-state index contributed by atoms with van der Waals surface area (Å²) in [6, 6.07) is 18.7. The van der Waals surface area contributed by atoms with Crippen LogP contribution in [0.1, 0.15) is 5.56 Å². The molecule has 0 bridgehead atoms. The third-order valence-electron chi connectivity index (χ3n) is 3.23. The first-order valence-corrected chi connectivity index (χ1v) is 6.42. The molecular formula is C16H17N3. The highest BCUT2D eigenvalue weighted by molar-refractivity contribution is 5.52. The first-order chi connectivity index (χ1) is 9.33. The zero-order valence-electron chi connectivity index (χ0n) is 11.0. The van der Waals surface area contributed by atoms with Gasteiger partial charge in [-0.1, -0.05) is 36.4 Å². The molecule has 0 spiro atoms. The number of benzene rings is 2. The summed E-state index contributed by atoms with van der Waals surface area (Å²) < 4.78 is 0. The number of rotatable bonds is 3. The predicted molar refractivity (Wildman–Crippen MR) is 79.6 cm³/mol. The molecule has 2 aromatic carbocycles. The van der Waals surface area contributed by atoms with Gasteiger partial charge in [0, 0.05) is 18.1 Å². The monoisotopic (exact) mass is 251 g/mol. The summed E-state index contributed by atoms with van der Waals surface area (Å²) >= 11 is 0. The molecule has 0 atom stereocenters. The molecule has 96 valence electrons. The molecule has 0 radical (unpaired) electrons. The zero-order valence-corrected chi connectivity index (χ0v) is 11.0. The molecule has 1 heterocycles. The summed E-state index contributed by atoms with van der Waals surface area (Å²) in [7, 11) is 0. The number of hydrogen-bond acceptors (Lipinski definition) is 3. The second-order valence-corrected chi connectivity index (χ2v) is 4.64. The van der Waals surface area contributed by atoms with Gasteiger partial charge >= 0.3 is 0 Å². The van der Waals surface area contributed by atoms with E-state index in [4.69, 9.17) is 0 Å². The zero-order chi connectivity index (χ0) is 13.1. The molecule has 0 amide bonds. The summed E-state index contributed by atoms with van der Waals surface area (Å²) in [6.07, 6.45) is 4.14. The molecular weight excluding hydrogens is 234 g/mol. The van der Waals surface area contributed by atoms with E-state index in [1.54, 1.807) is 0 Å². The van der Waals surface area contributed by atoms with Crippen LogP contribution in [0.5, 0.6) is 0 Å². The minimum atomic E-state index is 0.804. The van der Waals surface area contributed by atoms with E-state index in [0.29, 0.717) is 0 Å². The average molecular weight is 251 g/mol. The van der Waals surface area contributed by atoms with Crippen molar-refractivity contribution in [3.63, 3.8) is 0 Å². The molecule has 0 fully saturated rings. The normalized spacial score (nSPS) is 13.9. The molecule has 2 aromatic rings. The highest BCUT2D eigenvalue weighted by Gasteiger charge is 2.13. The number of hydrazine groups is 1. The van der Waals surface area contributed by atoms with Gasteiger partial charge in [-0.05, 0) is 30.7 Å². The Balaban J connectivity index is 1.68. The molecule has 0 saturated heterocycles. The van der Waals surface area contributed by atoms with Gasteiger partial charge in [0.05, 0.1) is 5.69 Å². The van der Waals surface area contributed by atoms with Crippen molar-refractivity contribution in [3.8, 4) is 0 Å². The van der Waals surface area contributed by atoms with E-state index in [9.17, 15) is 0 Å². The average Bonchev–Trinajstić information content (AvgIpc) is 2.91. The lowest BCUT2D eigenvalue weighted by atomic mass is 10.2. The highest BCUT2D eigenvalue weighted by Crippen LogP contribution is 2.20. The van der Waals surface area contributed by atoms with E-state index < -0.39 is 0 Å². The van der Waals surface area contributed by atoms with E-state index in [0.717, 1.165) is 12.4 Å². The van der Waals surface area contributed by atoms with E-state index in [2.05, 4.69) is 77.1 Å². The third-order valence-corrected chi connectivity index (χ3v) is 3.23. The first-order valence-electron chi connectivity index (χ1n) is 6.42. The van der Waals surface area contributed by atoms with Crippen molar-refractivity contribution in [1.82, 2.24) is 5.01 Å². The lowest BCUT2D eigenvalue weighted by molar-refractivity contribution is 0.486. The van der Waals surface area contributed by atoms with Gasteiger partial charge in [-0.15, -0.1) is 0 Å². The van der Waals surface area contributed by atoms with Crippen LogP contribution < -0.4 is 10.3 Å². The van der Waals surface area contributed by atoms with E-state index >= 15 is 0 Å². The number of para-hydroxylation sites is 2. The Labute approximate surface area is 113 Å². The minimum absolute atomic E-state index is 0.804. The maximum absolute atomic E-state index is 3.41. The van der Waals surface area contributed by atoms with Crippen molar-refractivity contribution in [3.05, 3.63) is 72.6 Å². The topological polar surface area (TPSA) is 18.5 Å². The van der Waals surface area contributed by atoms with Gasteiger partial charge in [0.1, 0.15) is 6.67 Å². The highest BCUT2D eigenvalue weighted by atomic mass is 15.6. The fourth-order valence-corrected chi connectivity index (χ4v) is 2.13. The third kappa shape index (κ3) is 2.55. The molecule has 3 heteroatoms. The van der Waals surface area contributed by atoms with Crippen LogP contribution >= 0.6 is 0 Å². The van der Waals surface area contributed by atoms with Crippen LogP contribution in [0.3, 0.4) is 0 Å². The van der Waals surface area contributed by atoms with Crippen LogP contribution in [-0.4, -0.2) is 11.7 Å². The first kappa shape index (κ1) is 11.7. The summed E-state index contributed by atoms with van der Waals surface area (Å²) in [5.41, 5.74) is 7.00. The number of hydrogen-bond donors (Lipinski definition) is 1. The smallest absolute Gasteiger partial charge is 0.114 e. The Kier molecular flexibility index (Phi) is 3.11. The van der Waals surface area contributed by atoms with Crippen molar-refractivity contribution >= 4 is 11.4 Å². The molecule has 0 unspecified atom stereocenters. The van der Waals surface area contributed by atoms with Crippen molar-refractivity contribution in [2.75, 3.05) is 17.0 Å². The molecule has 0 aromatic heterocycles. The summed E-state index contributed by atoms with van der Waals surface area (Å²) in [5.74, 6) is 0. The lowest BCUT2D eigenvalue weighted by Gasteiger charge is -2.23. The van der Waals surface area contributed by atoms with Crippen molar-refractivity contribution < 1.29 is 0 Å². The largest absolute Gasteiger partial charge is 0.327 e. The van der Waals surface area contributed by atoms with Crippen LogP contribution in [0.4, 0.5) is 11.4 Å². The van der Waals surface area contributed by atoms with Crippen LogP contribution in [-0.2, 0) is 0 Å². The Morgan fingerprint density at radius 3 is 2.42 bits per heavy atom. The summed E-state index contributed by atoms with van der Waals surface area (Å²) in [5, 5.41) is 2.08. The predicted octanol–water partition coefficient (Wildman–Crippen LogP) is 3.57. The van der Waals surface area contributed by atoms with E-state index in [1.165, 1.54) is 11.3 Å². The van der Waals surface area contributed by atoms with Crippen LogP contribution in [0.2, 0.25) is 0 Å². The Morgan fingerprint density at radius 1 is 0.895 bits per heavy atom. The van der Waals surface area contributed by atoms with Crippen molar-refractivity contribution in [2.45, 2.75) is 6.92 Å². The fourth-order valence-electron chi connectivity index (χ4n) is 2.13. The SMILES string of the molecule is Cc1ccccc1NN1C=CN(c2ccccc2)C1. The number of aryl methyl sites for hydroxylation is 1. The number of nitrogens with one attached hydrogen (secondary N) is 1. The van der Waals surface area contributed by atoms with Crippen molar-refractivity contribution in [2.24, 2.45) is 0 Å². The standard InChI is InChI=1S/C16H17N3/c1-14-7-5-6-10-16(14)17-19-12-11-18(13-19)15-8-3-2-4-9-15/h2-12,17H,13H2,1H3. The van der Waals surface area contributed by atoms with Gasteiger partial charge in [0.25, 0.3) is 0 Å². The molecule has 3 nitrogen and oxygen atoms in total. The molecule has 1 N–H and O–H groups in total. The molecule has 1 aliphatic rings. The second-order valence-electron chi connectivity index (χ2n) is 4.64. The van der Waals surface area contributed by atoms with Crippen LogP contribution in [0.15, 0.2) is 67.0 Å². The van der Waals surface area contributed by atoms with Gasteiger partial charge in [0.15, 0.2) is 0 Å². The van der Waals surface area contributed by atoms with Gasteiger partial charge in [-0.2, -0.15) is 0 Å². The Hall–Kier alpha value is -2.42. The van der Waals surface area contributed by atoms with Crippen LogP contribution in [0, 0.1) is 6.92 Å².